The summed E-state index contributed by atoms with van der Waals surface area (Å²) in [5.74, 6) is 6.02. The second-order valence-electron chi connectivity index (χ2n) is 4.10. The lowest BCUT2D eigenvalue weighted by atomic mass is 10.1. The van der Waals surface area contributed by atoms with Crippen molar-refractivity contribution in [2.45, 2.75) is 17.2 Å². The molecule has 20 heavy (non-hydrogen) atoms. The van der Waals surface area contributed by atoms with Crippen molar-refractivity contribution in [3.05, 3.63) is 47.8 Å². The van der Waals surface area contributed by atoms with Gasteiger partial charge in [0.1, 0.15) is 5.03 Å². The van der Waals surface area contributed by atoms with Crippen molar-refractivity contribution in [2.75, 3.05) is 5.73 Å². The van der Waals surface area contributed by atoms with E-state index in [0.29, 0.717) is 5.82 Å². The standard InChI is InChI=1S/C13H15N5OS/c14-12-13(17-6-5-16-12)20-8-10-3-1-9(2-4-10)7-11(19)18-15/h1-6H,7-8,15H2,(H2,14,16)(H,18,19). The lowest BCUT2D eigenvalue weighted by Crippen LogP contribution is -2.31. The monoisotopic (exact) mass is 289 g/mol. The van der Waals surface area contributed by atoms with Gasteiger partial charge in [0.15, 0.2) is 5.82 Å². The Balaban J connectivity index is 1.94. The van der Waals surface area contributed by atoms with Crippen LogP contribution in [0.3, 0.4) is 0 Å². The Bertz CT molecular complexity index is 588. The van der Waals surface area contributed by atoms with Crippen LogP contribution in [-0.4, -0.2) is 15.9 Å². The molecule has 0 aliphatic carbocycles. The number of carbonyl (C=O) groups is 1. The van der Waals surface area contributed by atoms with Crippen molar-refractivity contribution in [2.24, 2.45) is 5.84 Å². The predicted octanol–water partition coefficient (Wildman–Crippen LogP) is 0.883. The fraction of sp³-hybridized carbons (Fsp3) is 0.154. The molecule has 0 radical (unpaired) electrons. The van der Waals surface area contributed by atoms with Gasteiger partial charge in [-0.05, 0) is 11.1 Å². The van der Waals surface area contributed by atoms with E-state index in [1.54, 1.807) is 12.4 Å². The van der Waals surface area contributed by atoms with E-state index in [0.717, 1.165) is 21.9 Å². The average Bonchev–Trinajstić information content (AvgIpc) is 2.48. The van der Waals surface area contributed by atoms with Crippen LogP contribution >= 0.6 is 11.8 Å². The highest BCUT2D eigenvalue weighted by Crippen LogP contribution is 2.24. The van der Waals surface area contributed by atoms with Gasteiger partial charge >= 0.3 is 0 Å². The van der Waals surface area contributed by atoms with Gasteiger partial charge in [-0.2, -0.15) is 0 Å². The number of nitrogen functional groups attached to an aromatic ring is 1. The van der Waals surface area contributed by atoms with Crippen molar-refractivity contribution in [3.8, 4) is 0 Å². The van der Waals surface area contributed by atoms with Crippen molar-refractivity contribution in [1.29, 1.82) is 0 Å². The fourth-order valence-corrected chi connectivity index (χ4v) is 2.42. The number of nitrogens with zero attached hydrogens (tertiary/aromatic N) is 2. The fourth-order valence-electron chi connectivity index (χ4n) is 1.59. The molecule has 2 rings (SSSR count). The topological polar surface area (TPSA) is 107 Å². The molecule has 0 aliphatic rings. The summed E-state index contributed by atoms with van der Waals surface area (Å²) >= 11 is 1.53. The first-order chi connectivity index (χ1) is 9.69. The maximum Gasteiger partial charge on any atom is 0.238 e. The molecule has 6 nitrogen and oxygen atoms in total. The van der Waals surface area contributed by atoms with E-state index in [9.17, 15) is 4.79 Å². The van der Waals surface area contributed by atoms with Gasteiger partial charge in [0, 0.05) is 18.1 Å². The number of thioether (sulfide) groups is 1. The summed E-state index contributed by atoms with van der Waals surface area (Å²) in [5, 5.41) is 0.721. The first-order valence-electron chi connectivity index (χ1n) is 5.95. The van der Waals surface area contributed by atoms with Crippen molar-refractivity contribution < 1.29 is 4.79 Å². The Hall–Kier alpha value is -2.12. The summed E-state index contributed by atoms with van der Waals surface area (Å²) in [5.41, 5.74) is 9.88. The van der Waals surface area contributed by atoms with E-state index < -0.39 is 0 Å². The molecule has 5 N–H and O–H groups in total. The molecule has 1 aromatic heterocycles. The highest BCUT2D eigenvalue weighted by atomic mass is 32.2. The van der Waals surface area contributed by atoms with Crippen LogP contribution in [0.15, 0.2) is 41.7 Å². The van der Waals surface area contributed by atoms with Gasteiger partial charge in [-0.25, -0.2) is 15.8 Å². The van der Waals surface area contributed by atoms with E-state index in [4.69, 9.17) is 11.6 Å². The number of hydrazine groups is 1. The molecular formula is C13H15N5OS. The van der Waals surface area contributed by atoms with Crippen LogP contribution < -0.4 is 17.0 Å². The Labute approximate surface area is 121 Å². The lowest BCUT2D eigenvalue weighted by Gasteiger charge is -2.05. The predicted molar refractivity (Wildman–Crippen MR) is 78.5 cm³/mol. The molecule has 1 aromatic carbocycles. The summed E-state index contributed by atoms with van der Waals surface area (Å²) in [6.45, 7) is 0. The van der Waals surface area contributed by atoms with Crippen molar-refractivity contribution in [3.63, 3.8) is 0 Å². The number of anilines is 1. The molecule has 0 saturated heterocycles. The third-order valence-electron chi connectivity index (χ3n) is 2.62. The minimum Gasteiger partial charge on any atom is -0.381 e. The number of benzene rings is 1. The molecule has 1 amide bonds. The number of hydrogen-bond donors (Lipinski definition) is 3. The van der Waals surface area contributed by atoms with Crippen LogP contribution in [0.1, 0.15) is 11.1 Å². The summed E-state index contributed by atoms with van der Waals surface area (Å²) in [6.07, 6.45) is 3.46. The van der Waals surface area contributed by atoms with Gasteiger partial charge in [-0.15, -0.1) is 0 Å². The second-order valence-corrected chi connectivity index (χ2v) is 5.06. The second kappa shape index (κ2) is 6.88. The molecule has 0 aliphatic heterocycles. The number of hydrogen-bond acceptors (Lipinski definition) is 6. The highest BCUT2D eigenvalue weighted by Gasteiger charge is 2.04. The number of carbonyl (C=O) groups excluding carboxylic acids is 1. The van der Waals surface area contributed by atoms with Gasteiger partial charge < -0.3 is 5.73 Å². The number of rotatable bonds is 5. The Morgan fingerprint density at radius 2 is 1.80 bits per heavy atom. The van der Waals surface area contributed by atoms with Gasteiger partial charge in [0.05, 0.1) is 6.42 Å². The van der Waals surface area contributed by atoms with Crippen LogP contribution in [0.4, 0.5) is 5.82 Å². The Morgan fingerprint density at radius 3 is 2.45 bits per heavy atom. The Morgan fingerprint density at radius 1 is 1.15 bits per heavy atom. The largest absolute Gasteiger partial charge is 0.381 e. The van der Waals surface area contributed by atoms with Crippen LogP contribution in [0.2, 0.25) is 0 Å². The molecule has 0 fully saturated rings. The van der Waals surface area contributed by atoms with Crippen LogP contribution in [0, 0.1) is 0 Å². The molecule has 0 saturated carbocycles. The molecule has 104 valence electrons. The SMILES string of the molecule is NNC(=O)Cc1ccc(CSc2nccnc2N)cc1. The summed E-state index contributed by atoms with van der Waals surface area (Å²) in [6, 6.07) is 7.76. The number of aromatic nitrogens is 2. The average molecular weight is 289 g/mol. The summed E-state index contributed by atoms with van der Waals surface area (Å²) < 4.78 is 0. The smallest absolute Gasteiger partial charge is 0.238 e. The van der Waals surface area contributed by atoms with Gasteiger partial charge in [-0.3, -0.25) is 10.2 Å². The zero-order chi connectivity index (χ0) is 14.4. The molecule has 0 unspecified atom stereocenters. The normalized spacial score (nSPS) is 10.2. The molecule has 0 bridgehead atoms. The zero-order valence-corrected chi connectivity index (χ0v) is 11.6. The molecular weight excluding hydrogens is 274 g/mol. The van der Waals surface area contributed by atoms with E-state index in [2.05, 4.69) is 15.4 Å². The van der Waals surface area contributed by atoms with Crippen LogP contribution in [0.5, 0.6) is 0 Å². The van der Waals surface area contributed by atoms with Crippen LogP contribution in [-0.2, 0) is 17.0 Å². The lowest BCUT2D eigenvalue weighted by molar-refractivity contribution is -0.120. The van der Waals surface area contributed by atoms with Crippen molar-refractivity contribution >= 4 is 23.5 Å². The van der Waals surface area contributed by atoms with E-state index >= 15 is 0 Å². The van der Waals surface area contributed by atoms with E-state index in [-0.39, 0.29) is 12.3 Å². The molecule has 0 spiro atoms. The number of amides is 1. The van der Waals surface area contributed by atoms with E-state index in [1.807, 2.05) is 24.3 Å². The van der Waals surface area contributed by atoms with Gasteiger partial charge in [0.2, 0.25) is 5.91 Å². The molecule has 0 atom stereocenters. The maximum atomic E-state index is 11.1. The highest BCUT2D eigenvalue weighted by molar-refractivity contribution is 7.98. The quantitative estimate of drug-likeness (QED) is 0.326. The van der Waals surface area contributed by atoms with Gasteiger partial charge in [0.25, 0.3) is 0 Å². The minimum atomic E-state index is -0.209. The molecule has 1 heterocycles. The maximum absolute atomic E-state index is 11.1. The summed E-state index contributed by atoms with van der Waals surface area (Å²) in [4.78, 5) is 19.3. The van der Waals surface area contributed by atoms with E-state index in [1.165, 1.54) is 11.8 Å². The first-order valence-corrected chi connectivity index (χ1v) is 6.94. The third kappa shape index (κ3) is 3.94. The first kappa shape index (κ1) is 14.3. The summed E-state index contributed by atoms with van der Waals surface area (Å²) in [7, 11) is 0. The third-order valence-corrected chi connectivity index (χ3v) is 3.68. The zero-order valence-electron chi connectivity index (χ0n) is 10.7. The Kier molecular flexibility index (Phi) is 4.91. The van der Waals surface area contributed by atoms with Crippen LogP contribution in [0.25, 0.3) is 0 Å². The van der Waals surface area contributed by atoms with Gasteiger partial charge in [-0.1, -0.05) is 36.0 Å². The molecule has 7 heteroatoms. The number of nitrogens with two attached hydrogens (primary N) is 2. The van der Waals surface area contributed by atoms with Crippen molar-refractivity contribution in [1.82, 2.24) is 15.4 Å². The number of nitrogens with one attached hydrogen (secondary N) is 1. The minimum absolute atomic E-state index is 0.209. The molecule has 2 aromatic rings.